The highest BCUT2D eigenvalue weighted by Gasteiger charge is 2.26. The standard InChI is InChI=1S/C23H28N2O4S/c1-17-5-8-20(15-18(17)2)22(26)11-12-23(27)24-16-19-6-9-21(10-7-19)30(28,29)25-13-3-4-14-25/h5-10,15H,3-4,11-14,16H2,1-2H3,(H,24,27). The average Bonchev–Trinajstić information content (AvgIpc) is 3.28. The Labute approximate surface area is 178 Å². The van der Waals surface area contributed by atoms with Gasteiger partial charge in [0.15, 0.2) is 5.78 Å². The van der Waals surface area contributed by atoms with Gasteiger partial charge in [-0.3, -0.25) is 9.59 Å². The molecule has 0 aromatic heterocycles. The molecule has 0 radical (unpaired) electrons. The number of hydrogen-bond acceptors (Lipinski definition) is 4. The number of rotatable bonds is 8. The maximum Gasteiger partial charge on any atom is 0.243 e. The number of sulfonamides is 1. The van der Waals surface area contributed by atoms with E-state index in [0.717, 1.165) is 29.5 Å². The van der Waals surface area contributed by atoms with Gasteiger partial charge in [-0.2, -0.15) is 4.31 Å². The highest BCUT2D eigenvalue weighted by atomic mass is 32.2. The fourth-order valence-corrected chi connectivity index (χ4v) is 4.95. The van der Waals surface area contributed by atoms with Gasteiger partial charge >= 0.3 is 0 Å². The number of nitrogens with one attached hydrogen (secondary N) is 1. The first-order valence-corrected chi connectivity index (χ1v) is 11.7. The van der Waals surface area contributed by atoms with Crippen LogP contribution in [0.2, 0.25) is 0 Å². The molecular formula is C23H28N2O4S. The average molecular weight is 429 g/mol. The Kier molecular flexibility index (Phi) is 7.05. The van der Waals surface area contributed by atoms with E-state index in [1.165, 1.54) is 4.31 Å². The monoisotopic (exact) mass is 428 g/mol. The summed E-state index contributed by atoms with van der Waals surface area (Å²) in [4.78, 5) is 24.7. The van der Waals surface area contributed by atoms with Crippen molar-refractivity contribution in [2.45, 2.75) is 51.0 Å². The van der Waals surface area contributed by atoms with Crippen molar-refractivity contribution in [1.29, 1.82) is 0 Å². The summed E-state index contributed by atoms with van der Waals surface area (Å²) in [7, 11) is -3.43. The van der Waals surface area contributed by atoms with E-state index in [1.807, 2.05) is 26.0 Å². The third-order valence-electron chi connectivity index (χ3n) is 5.52. The topological polar surface area (TPSA) is 83.5 Å². The van der Waals surface area contributed by atoms with Crippen molar-refractivity contribution in [2.75, 3.05) is 13.1 Å². The molecule has 0 unspecified atom stereocenters. The third kappa shape index (κ3) is 5.34. The summed E-state index contributed by atoms with van der Waals surface area (Å²) in [5, 5.41) is 2.79. The molecule has 7 heteroatoms. The normalized spacial score (nSPS) is 14.6. The molecule has 3 rings (SSSR count). The lowest BCUT2D eigenvalue weighted by atomic mass is 10.0. The number of Topliss-reactive ketones (excluding diaryl/α,β-unsaturated/α-hetero) is 1. The first kappa shape index (κ1) is 22.2. The lowest BCUT2D eigenvalue weighted by Gasteiger charge is -2.15. The number of amides is 1. The third-order valence-corrected chi connectivity index (χ3v) is 7.44. The molecule has 2 aromatic rings. The molecule has 1 heterocycles. The second-order valence-corrected chi connectivity index (χ2v) is 9.69. The minimum absolute atomic E-state index is 0.0512. The zero-order chi connectivity index (χ0) is 21.7. The minimum atomic E-state index is -3.43. The summed E-state index contributed by atoms with van der Waals surface area (Å²) < 4.78 is 26.6. The van der Waals surface area contributed by atoms with Crippen LogP contribution in [-0.2, 0) is 21.4 Å². The Bertz CT molecular complexity index is 1020. The van der Waals surface area contributed by atoms with E-state index in [2.05, 4.69) is 5.32 Å². The van der Waals surface area contributed by atoms with E-state index in [9.17, 15) is 18.0 Å². The van der Waals surface area contributed by atoms with Crippen molar-refractivity contribution in [2.24, 2.45) is 0 Å². The minimum Gasteiger partial charge on any atom is -0.352 e. The fourth-order valence-electron chi connectivity index (χ4n) is 3.43. The number of aryl methyl sites for hydroxylation is 2. The number of carbonyl (C=O) groups excluding carboxylic acids is 2. The van der Waals surface area contributed by atoms with E-state index >= 15 is 0 Å². The fraction of sp³-hybridized carbons (Fsp3) is 0.391. The van der Waals surface area contributed by atoms with Gasteiger partial charge in [-0.1, -0.05) is 24.3 Å². The van der Waals surface area contributed by atoms with Gasteiger partial charge in [-0.05, 0) is 61.6 Å². The summed E-state index contributed by atoms with van der Waals surface area (Å²) in [5.74, 6) is -0.259. The molecule has 0 bridgehead atoms. The smallest absolute Gasteiger partial charge is 0.243 e. The molecule has 1 aliphatic rings. The SMILES string of the molecule is Cc1ccc(C(=O)CCC(=O)NCc2ccc(S(=O)(=O)N3CCCC3)cc2)cc1C. The largest absolute Gasteiger partial charge is 0.352 e. The Morgan fingerprint density at radius 1 is 0.933 bits per heavy atom. The molecule has 1 aliphatic heterocycles. The first-order valence-electron chi connectivity index (χ1n) is 10.2. The van der Waals surface area contributed by atoms with E-state index in [-0.39, 0.29) is 29.4 Å². The predicted molar refractivity (Wildman–Crippen MR) is 116 cm³/mol. The summed E-state index contributed by atoms with van der Waals surface area (Å²) in [6.45, 7) is 5.38. The number of hydrogen-bond donors (Lipinski definition) is 1. The molecular weight excluding hydrogens is 400 g/mol. The zero-order valence-electron chi connectivity index (χ0n) is 17.5. The van der Waals surface area contributed by atoms with Crippen molar-refractivity contribution in [3.63, 3.8) is 0 Å². The van der Waals surface area contributed by atoms with E-state index in [1.54, 1.807) is 30.3 Å². The second kappa shape index (κ2) is 9.53. The van der Waals surface area contributed by atoms with Gasteiger partial charge in [0.1, 0.15) is 0 Å². The number of carbonyl (C=O) groups is 2. The van der Waals surface area contributed by atoms with Crippen molar-refractivity contribution >= 4 is 21.7 Å². The van der Waals surface area contributed by atoms with Crippen molar-refractivity contribution < 1.29 is 18.0 Å². The van der Waals surface area contributed by atoms with Crippen LogP contribution in [-0.4, -0.2) is 37.5 Å². The number of ketones is 1. The molecule has 160 valence electrons. The highest BCUT2D eigenvalue weighted by Crippen LogP contribution is 2.21. The summed E-state index contributed by atoms with van der Waals surface area (Å²) >= 11 is 0. The van der Waals surface area contributed by atoms with Crippen molar-refractivity contribution in [3.8, 4) is 0 Å². The number of nitrogens with zero attached hydrogens (tertiary/aromatic N) is 1. The summed E-state index contributed by atoms with van der Waals surface area (Å²) in [6, 6.07) is 12.1. The second-order valence-electron chi connectivity index (χ2n) is 7.75. The Morgan fingerprint density at radius 2 is 1.60 bits per heavy atom. The van der Waals surface area contributed by atoms with E-state index in [4.69, 9.17) is 0 Å². The molecule has 1 amide bonds. The molecule has 30 heavy (non-hydrogen) atoms. The van der Waals surface area contributed by atoms with Crippen LogP contribution < -0.4 is 5.32 Å². The molecule has 0 aliphatic carbocycles. The highest BCUT2D eigenvalue weighted by molar-refractivity contribution is 7.89. The van der Waals surface area contributed by atoms with Crippen LogP contribution in [0.1, 0.15) is 52.7 Å². The molecule has 1 N–H and O–H groups in total. The van der Waals surface area contributed by atoms with Gasteiger partial charge in [0.05, 0.1) is 4.90 Å². The Balaban J connectivity index is 1.48. The van der Waals surface area contributed by atoms with Gasteiger partial charge < -0.3 is 5.32 Å². The molecule has 1 saturated heterocycles. The van der Waals surface area contributed by atoms with Crippen LogP contribution in [0.15, 0.2) is 47.4 Å². The Morgan fingerprint density at radius 3 is 2.23 bits per heavy atom. The predicted octanol–water partition coefficient (Wildman–Crippen LogP) is 3.37. The Hall–Kier alpha value is -2.51. The lowest BCUT2D eigenvalue weighted by molar-refractivity contribution is -0.121. The van der Waals surface area contributed by atoms with Gasteiger partial charge in [-0.25, -0.2) is 8.42 Å². The van der Waals surface area contributed by atoms with Crippen LogP contribution in [0.25, 0.3) is 0 Å². The van der Waals surface area contributed by atoms with E-state index in [0.29, 0.717) is 25.2 Å². The molecule has 1 fully saturated rings. The quantitative estimate of drug-likeness (QED) is 0.654. The van der Waals surface area contributed by atoms with Crippen LogP contribution in [0.4, 0.5) is 0 Å². The molecule has 6 nitrogen and oxygen atoms in total. The van der Waals surface area contributed by atoms with Crippen LogP contribution >= 0.6 is 0 Å². The zero-order valence-corrected chi connectivity index (χ0v) is 18.3. The van der Waals surface area contributed by atoms with Crippen molar-refractivity contribution in [3.05, 3.63) is 64.7 Å². The molecule has 0 saturated carbocycles. The maximum absolute atomic E-state index is 12.5. The van der Waals surface area contributed by atoms with Crippen molar-refractivity contribution in [1.82, 2.24) is 9.62 Å². The number of benzene rings is 2. The van der Waals surface area contributed by atoms with E-state index < -0.39 is 10.0 Å². The summed E-state index contributed by atoms with van der Waals surface area (Å²) in [5.41, 5.74) is 3.62. The van der Waals surface area contributed by atoms with Crippen LogP contribution in [0.3, 0.4) is 0 Å². The maximum atomic E-state index is 12.5. The van der Waals surface area contributed by atoms with Gasteiger partial charge in [0.2, 0.25) is 15.9 Å². The van der Waals surface area contributed by atoms with Gasteiger partial charge in [-0.15, -0.1) is 0 Å². The van der Waals surface area contributed by atoms with Crippen LogP contribution in [0, 0.1) is 13.8 Å². The van der Waals surface area contributed by atoms with Gasteiger partial charge in [0.25, 0.3) is 0 Å². The summed E-state index contributed by atoms with van der Waals surface area (Å²) in [6.07, 6.45) is 2.07. The first-order chi connectivity index (χ1) is 14.3. The molecule has 0 spiro atoms. The lowest BCUT2D eigenvalue weighted by Crippen LogP contribution is -2.28. The molecule has 2 aromatic carbocycles. The van der Waals surface area contributed by atoms with Gasteiger partial charge in [0, 0.05) is 38.0 Å². The van der Waals surface area contributed by atoms with Crippen LogP contribution in [0.5, 0.6) is 0 Å². The molecule has 0 atom stereocenters.